The molecule has 1 fully saturated rings. The number of carbonyl (C=O) groups is 3. The molecular weight excluding hydrogens is 424 g/mol. The molecular formula is C24H30N4O5. The number of benzene rings is 1. The number of nitrogens with zero attached hydrogens (tertiary/aromatic N) is 2. The molecule has 2 N–H and O–H groups in total. The Balaban J connectivity index is 0.000000714. The molecule has 2 aliphatic rings. The molecule has 0 radical (unpaired) electrons. The van der Waals surface area contributed by atoms with Crippen LogP contribution >= 0.6 is 0 Å². The van der Waals surface area contributed by atoms with Crippen LogP contribution in [0.3, 0.4) is 0 Å². The zero-order valence-corrected chi connectivity index (χ0v) is 19.2. The zero-order chi connectivity index (χ0) is 24.5. The number of anilines is 1. The summed E-state index contributed by atoms with van der Waals surface area (Å²) < 4.78 is 7.09. The number of morpholine rings is 1. The predicted molar refractivity (Wildman–Crippen MR) is 127 cm³/mol. The first kappa shape index (κ1) is 25.5. The summed E-state index contributed by atoms with van der Waals surface area (Å²) in [5, 5.41) is 2.72. The van der Waals surface area contributed by atoms with Gasteiger partial charge < -0.3 is 25.2 Å². The molecule has 3 heterocycles. The highest BCUT2D eigenvalue weighted by Gasteiger charge is 2.37. The van der Waals surface area contributed by atoms with Gasteiger partial charge in [0.2, 0.25) is 5.91 Å². The number of ether oxygens (including phenoxy) is 1. The van der Waals surface area contributed by atoms with Crippen LogP contribution in [0.1, 0.15) is 48.3 Å². The minimum absolute atomic E-state index is 0.145. The van der Waals surface area contributed by atoms with Crippen LogP contribution in [0.4, 0.5) is 5.69 Å². The lowest BCUT2D eigenvalue weighted by Gasteiger charge is -2.42. The molecule has 2 unspecified atom stereocenters. The normalized spacial score (nSPS) is 16.9. The van der Waals surface area contributed by atoms with Crippen LogP contribution in [0.25, 0.3) is 0 Å². The van der Waals surface area contributed by atoms with Crippen molar-refractivity contribution in [3.05, 3.63) is 76.7 Å². The van der Waals surface area contributed by atoms with E-state index in [1.165, 1.54) is 19.9 Å². The molecule has 0 aliphatic carbocycles. The summed E-state index contributed by atoms with van der Waals surface area (Å²) in [7, 11) is 0. The summed E-state index contributed by atoms with van der Waals surface area (Å²) in [6.45, 7) is 12.2. The lowest BCUT2D eigenvalue weighted by atomic mass is 9.90. The lowest BCUT2D eigenvalue weighted by molar-refractivity contribution is -0.114. The van der Waals surface area contributed by atoms with Crippen molar-refractivity contribution in [2.75, 3.05) is 30.5 Å². The first-order valence-corrected chi connectivity index (χ1v) is 10.6. The van der Waals surface area contributed by atoms with Gasteiger partial charge in [-0.05, 0) is 24.6 Å². The van der Waals surface area contributed by atoms with E-state index < -0.39 is 0 Å². The number of aromatic nitrogens is 1. The van der Waals surface area contributed by atoms with Crippen molar-refractivity contribution in [3.63, 3.8) is 0 Å². The standard InChI is InChI=1S/C20H22N4O4.C2H4O.C2H4/c1-12(14-3-5-15(6-4-14)21-13(2)25)18-16(26)7-8-24-19(18)20(27)23-9-10-28-11-17(23)22-24;1-2-3;1-2/h3-8,12,17,22H,9-11H2,1-2H3,(H,21,25);2H,1H3;1-2H2. The molecule has 1 aromatic heterocycles. The van der Waals surface area contributed by atoms with Crippen molar-refractivity contribution in [3.8, 4) is 0 Å². The largest absolute Gasteiger partial charge is 0.375 e. The molecule has 0 bridgehead atoms. The van der Waals surface area contributed by atoms with Crippen molar-refractivity contribution in [1.29, 1.82) is 0 Å². The molecule has 9 nitrogen and oxygen atoms in total. The number of hydrogen-bond donors (Lipinski definition) is 2. The molecule has 0 saturated carbocycles. The number of aldehydes is 1. The van der Waals surface area contributed by atoms with Gasteiger partial charge in [0, 0.05) is 42.9 Å². The summed E-state index contributed by atoms with van der Waals surface area (Å²) in [5.74, 6) is -0.598. The molecule has 2 aromatic rings. The quantitative estimate of drug-likeness (QED) is 0.544. The Labute approximate surface area is 193 Å². The third kappa shape index (κ3) is 5.75. The van der Waals surface area contributed by atoms with E-state index >= 15 is 0 Å². The van der Waals surface area contributed by atoms with E-state index in [1.54, 1.807) is 27.9 Å². The minimum atomic E-state index is -0.287. The van der Waals surface area contributed by atoms with E-state index in [0.29, 0.717) is 36.7 Å². The van der Waals surface area contributed by atoms with Gasteiger partial charge in [-0.1, -0.05) is 19.1 Å². The highest BCUT2D eigenvalue weighted by molar-refractivity contribution is 5.95. The molecule has 2 atom stereocenters. The Morgan fingerprint density at radius 3 is 2.48 bits per heavy atom. The Morgan fingerprint density at radius 1 is 1.24 bits per heavy atom. The Kier molecular flexibility index (Phi) is 9.11. The third-order valence-electron chi connectivity index (χ3n) is 5.18. The summed E-state index contributed by atoms with van der Waals surface area (Å²) in [5.41, 5.74) is 5.46. The SMILES string of the molecule is C=C.CC(=O)Nc1ccc(C(C)c2c3n(ccc2=O)NC2COCCN2C3=O)cc1.CC=O. The van der Waals surface area contributed by atoms with Gasteiger partial charge in [-0.3, -0.25) is 19.1 Å². The van der Waals surface area contributed by atoms with Crippen LogP contribution in [0.5, 0.6) is 0 Å². The average Bonchev–Trinajstić information content (AvgIpc) is 2.81. The third-order valence-corrected chi connectivity index (χ3v) is 5.18. The van der Waals surface area contributed by atoms with E-state index in [9.17, 15) is 14.4 Å². The van der Waals surface area contributed by atoms with Gasteiger partial charge in [0.1, 0.15) is 18.1 Å². The van der Waals surface area contributed by atoms with Crippen molar-refractivity contribution in [2.45, 2.75) is 32.9 Å². The Morgan fingerprint density at radius 2 is 1.88 bits per heavy atom. The Bertz CT molecular complexity index is 1050. The monoisotopic (exact) mass is 454 g/mol. The predicted octanol–water partition coefficient (Wildman–Crippen LogP) is 2.32. The van der Waals surface area contributed by atoms with E-state index in [-0.39, 0.29) is 29.3 Å². The number of fused-ring (bicyclic) bond motifs is 2. The fourth-order valence-corrected chi connectivity index (χ4v) is 3.77. The second-order valence-corrected chi connectivity index (χ2v) is 7.29. The van der Waals surface area contributed by atoms with Gasteiger partial charge in [0.25, 0.3) is 5.91 Å². The van der Waals surface area contributed by atoms with Gasteiger partial charge >= 0.3 is 0 Å². The molecule has 33 heavy (non-hydrogen) atoms. The van der Waals surface area contributed by atoms with Crippen molar-refractivity contribution in [1.82, 2.24) is 9.58 Å². The fourth-order valence-electron chi connectivity index (χ4n) is 3.77. The summed E-state index contributed by atoms with van der Waals surface area (Å²) in [6, 6.07) is 8.77. The number of pyridine rings is 1. The van der Waals surface area contributed by atoms with Gasteiger partial charge in [-0.2, -0.15) is 0 Å². The lowest BCUT2D eigenvalue weighted by Crippen LogP contribution is -2.59. The van der Waals surface area contributed by atoms with Crippen LogP contribution in [0.15, 0.2) is 54.5 Å². The second kappa shape index (κ2) is 11.8. The molecule has 9 heteroatoms. The maximum Gasteiger partial charge on any atom is 0.274 e. The fraction of sp³-hybridized carbons (Fsp3) is 0.333. The van der Waals surface area contributed by atoms with Gasteiger partial charge in [-0.25, -0.2) is 0 Å². The van der Waals surface area contributed by atoms with Crippen molar-refractivity contribution < 1.29 is 19.1 Å². The van der Waals surface area contributed by atoms with Crippen molar-refractivity contribution >= 4 is 23.8 Å². The number of carbonyl (C=O) groups excluding carboxylic acids is 3. The maximum absolute atomic E-state index is 13.2. The van der Waals surface area contributed by atoms with E-state index in [2.05, 4.69) is 23.9 Å². The average molecular weight is 455 g/mol. The molecule has 1 aromatic carbocycles. The topological polar surface area (TPSA) is 110 Å². The molecule has 2 amide bonds. The van der Waals surface area contributed by atoms with Gasteiger partial charge in [0.05, 0.1) is 13.2 Å². The zero-order valence-electron chi connectivity index (χ0n) is 19.2. The number of hydrogen-bond acceptors (Lipinski definition) is 6. The van der Waals surface area contributed by atoms with E-state index in [0.717, 1.165) is 11.8 Å². The minimum Gasteiger partial charge on any atom is -0.375 e. The molecule has 1 saturated heterocycles. The maximum atomic E-state index is 13.2. The number of nitrogens with one attached hydrogen (secondary N) is 2. The van der Waals surface area contributed by atoms with E-state index in [4.69, 9.17) is 9.53 Å². The van der Waals surface area contributed by atoms with Crippen LogP contribution in [0, 0.1) is 0 Å². The first-order chi connectivity index (χ1) is 15.9. The summed E-state index contributed by atoms with van der Waals surface area (Å²) in [6.07, 6.45) is 2.11. The molecule has 0 spiro atoms. The van der Waals surface area contributed by atoms with Gasteiger partial charge in [-0.15, -0.1) is 13.2 Å². The number of rotatable bonds is 3. The molecule has 176 valence electrons. The van der Waals surface area contributed by atoms with Crippen LogP contribution in [-0.2, 0) is 14.3 Å². The second-order valence-electron chi connectivity index (χ2n) is 7.29. The van der Waals surface area contributed by atoms with Crippen molar-refractivity contribution in [2.24, 2.45) is 0 Å². The highest BCUT2D eigenvalue weighted by atomic mass is 16.5. The Hall–Kier alpha value is -3.72. The highest BCUT2D eigenvalue weighted by Crippen LogP contribution is 2.28. The van der Waals surface area contributed by atoms with Crippen LogP contribution in [0.2, 0.25) is 0 Å². The van der Waals surface area contributed by atoms with Gasteiger partial charge in [0.15, 0.2) is 5.43 Å². The molecule has 2 aliphatic heterocycles. The number of amides is 2. The summed E-state index contributed by atoms with van der Waals surface area (Å²) >= 11 is 0. The smallest absolute Gasteiger partial charge is 0.274 e. The van der Waals surface area contributed by atoms with E-state index in [1.807, 2.05) is 19.1 Å². The summed E-state index contributed by atoms with van der Waals surface area (Å²) in [4.78, 5) is 47.6. The van der Waals surface area contributed by atoms with Crippen LogP contribution in [-0.4, -0.2) is 53.6 Å². The van der Waals surface area contributed by atoms with Crippen LogP contribution < -0.4 is 16.2 Å². The molecule has 4 rings (SSSR count). The first-order valence-electron chi connectivity index (χ1n) is 10.6.